The van der Waals surface area contributed by atoms with Crippen LogP contribution in [0.25, 0.3) is 0 Å². The van der Waals surface area contributed by atoms with Crippen LogP contribution in [0.3, 0.4) is 0 Å². The van der Waals surface area contributed by atoms with Crippen molar-refractivity contribution in [2.45, 2.75) is 31.9 Å². The molecule has 1 N–H and O–H groups in total. The number of thioether (sulfide) groups is 1. The molecule has 1 saturated heterocycles. The van der Waals surface area contributed by atoms with Gasteiger partial charge in [-0.05, 0) is 19.8 Å². The van der Waals surface area contributed by atoms with Gasteiger partial charge in [-0.2, -0.15) is 0 Å². The number of nitrogens with one attached hydrogen (secondary N) is 1. The molecule has 13 heavy (non-hydrogen) atoms. The van der Waals surface area contributed by atoms with E-state index < -0.39 is 0 Å². The summed E-state index contributed by atoms with van der Waals surface area (Å²) in [5, 5.41) is 4.51. The minimum Gasteiger partial charge on any atom is -0.376 e. The maximum atomic E-state index is 5.60. The van der Waals surface area contributed by atoms with Gasteiger partial charge in [0.25, 0.3) is 0 Å². The molecule has 0 aromatic rings. The molecule has 0 aromatic carbocycles. The third-order valence-electron chi connectivity index (χ3n) is 2.46. The molecule has 74 valence electrons. The molecular weight excluding hydrogens is 184 g/mol. The summed E-state index contributed by atoms with van der Waals surface area (Å²) in [6.07, 6.45) is 2.78. The van der Waals surface area contributed by atoms with Crippen LogP contribution in [0.1, 0.15) is 19.8 Å². The SMILES string of the molecule is CC(NC1=NCCS1)C1CCCO1. The molecule has 0 aromatic heterocycles. The molecule has 0 aliphatic carbocycles. The summed E-state index contributed by atoms with van der Waals surface area (Å²) in [7, 11) is 0. The Morgan fingerprint density at radius 3 is 3.23 bits per heavy atom. The molecule has 4 heteroatoms. The summed E-state index contributed by atoms with van der Waals surface area (Å²) in [6, 6.07) is 0.409. The first kappa shape index (κ1) is 9.34. The molecule has 2 aliphatic heterocycles. The minimum atomic E-state index is 0.392. The highest BCUT2D eigenvalue weighted by Gasteiger charge is 2.23. The van der Waals surface area contributed by atoms with E-state index in [4.69, 9.17) is 4.74 Å². The fraction of sp³-hybridized carbons (Fsp3) is 0.889. The zero-order valence-electron chi connectivity index (χ0n) is 7.95. The molecule has 3 nitrogen and oxygen atoms in total. The Morgan fingerprint density at radius 2 is 2.62 bits per heavy atom. The lowest BCUT2D eigenvalue weighted by atomic mass is 10.1. The molecule has 0 bridgehead atoms. The summed E-state index contributed by atoms with van der Waals surface area (Å²) in [4.78, 5) is 4.36. The zero-order chi connectivity index (χ0) is 9.10. The number of hydrogen-bond acceptors (Lipinski definition) is 4. The van der Waals surface area contributed by atoms with Crippen LogP contribution in [0.5, 0.6) is 0 Å². The van der Waals surface area contributed by atoms with Crippen LogP contribution in [0.15, 0.2) is 4.99 Å². The van der Waals surface area contributed by atoms with Gasteiger partial charge in [0, 0.05) is 12.4 Å². The van der Waals surface area contributed by atoms with E-state index in [0.717, 1.165) is 24.1 Å². The lowest BCUT2D eigenvalue weighted by molar-refractivity contribution is 0.0896. The summed E-state index contributed by atoms with van der Waals surface area (Å²) >= 11 is 1.81. The molecule has 0 spiro atoms. The van der Waals surface area contributed by atoms with Crippen molar-refractivity contribution in [3.8, 4) is 0 Å². The Morgan fingerprint density at radius 1 is 1.69 bits per heavy atom. The van der Waals surface area contributed by atoms with Crippen LogP contribution < -0.4 is 5.32 Å². The van der Waals surface area contributed by atoms with Crippen molar-refractivity contribution in [1.82, 2.24) is 5.32 Å². The lowest BCUT2D eigenvalue weighted by Gasteiger charge is -2.20. The van der Waals surface area contributed by atoms with Gasteiger partial charge in [0.1, 0.15) is 0 Å². The fourth-order valence-electron chi connectivity index (χ4n) is 1.71. The molecular formula is C9H16N2OS. The zero-order valence-corrected chi connectivity index (χ0v) is 8.77. The Balaban J connectivity index is 1.79. The van der Waals surface area contributed by atoms with Gasteiger partial charge in [0.05, 0.1) is 18.7 Å². The van der Waals surface area contributed by atoms with Crippen LogP contribution in [0, 0.1) is 0 Å². The van der Waals surface area contributed by atoms with E-state index in [0.29, 0.717) is 12.1 Å². The monoisotopic (exact) mass is 200 g/mol. The molecule has 2 rings (SSSR count). The van der Waals surface area contributed by atoms with Crippen LogP contribution in [0.2, 0.25) is 0 Å². The number of hydrogen-bond donors (Lipinski definition) is 1. The van der Waals surface area contributed by atoms with Gasteiger partial charge in [-0.1, -0.05) is 11.8 Å². The van der Waals surface area contributed by atoms with Gasteiger partial charge < -0.3 is 10.1 Å². The first-order valence-corrected chi connectivity index (χ1v) is 5.90. The van der Waals surface area contributed by atoms with Crippen molar-refractivity contribution in [2.24, 2.45) is 4.99 Å². The quantitative estimate of drug-likeness (QED) is 0.728. The van der Waals surface area contributed by atoms with E-state index in [-0.39, 0.29) is 0 Å². The standard InChI is InChI=1S/C9H16N2OS/c1-7(8-3-2-5-12-8)11-9-10-4-6-13-9/h7-8H,2-6H2,1H3,(H,10,11). The molecule has 2 unspecified atom stereocenters. The van der Waals surface area contributed by atoms with E-state index in [9.17, 15) is 0 Å². The largest absolute Gasteiger partial charge is 0.376 e. The third-order valence-corrected chi connectivity index (χ3v) is 3.37. The van der Waals surface area contributed by atoms with Crippen molar-refractivity contribution in [2.75, 3.05) is 18.9 Å². The predicted octanol–water partition coefficient (Wildman–Crippen LogP) is 1.25. The predicted molar refractivity (Wildman–Crippen MR) is 56.3 cm³/mol. The van der Waals surface area contributed by atoms with Crippen LogP contribution in [-0.4, -0.2) is 36.2 Å². The summed E-state index contributed by atoms with van der Waals surface area (Å²) in [5.41, 5.74) is 0. The van der Waals surface area contributed by atoms with Crippen molar-refractivity contribution in [1.29, 1.82) is 0 Å². The van der Waals surface area contributed by atoms with Crippen molar-refractivity contribution in [3.63, 3.8) is 0 Å². The highest BCUT2D eigenvalue weighted by Crippen LogP contribution is 2.17. The highest BCUT2D eigenvalue weighted by molar-refractivity contribution is 8.14. The van der Waals surface area contributed by atoms with Gasteiger partial charge in [-0.15, -0.1) is 0 Å². The second-order valence-corrected chi connectivity index (χ2v) is 4.60. The smallest absolute Gasteiger partial charge is 0.156 e. The fourth-order valence-corrected chi connectivity index (χ4v) is 2.53. The Hall–Kier alpha value is -0.220. The summed E-state index contributed by atoms with van der Waals surface area (Å²) in [6.45, 7) is 4.07. The molecule has 0 amide bonds. The molecule has 2 atom stereocenters. The van der Waals surface area contributed by atoms with E-state index in [1.54, 1.807) is 0 Å². The molecule has 2 aliphatic rings. The Kier molecular flexibility index (Phi) is 3.11. The highest BCUT2D eigenvalue weighted by atomic mass is 32.2. The van der Waals surface area contributed by atoms with Gasteiger partial charge in [0.15, 0.2) is 5.17 Å². The molecule has 2 heterocycles. The first-order valence-electron chi connectivity index (χ1n) is 4.91. The number of nitrogens with zero attached hydrogens (tertiary/aromatic N) is 1. The number of ether oxygens (including phenoxy) is 1. The minimum absolute atomic E-state index is 0.392. The van der Waals surface area contributed by atoms with Crippen molar-refractivity contribution < 1.29 is 4.74 Å². The van der Waals surface area contributed by atoms with Gasteiger partial charge in [-0.25, -0.2) is 0 Å². The van der Waals surface area contributed by atoms with E-state index in [1.807, 2.05) is 11.8 Å². The average Bonchev–Trinajstić information content (AvgIpc) is 2.74. The molecule has 0 radical (unpaired) electrons. The Bertz CT molecular complexity index is 202. The van der Waals surface area contributed by atoms with Crippen LogP contribution in [0.4, 0.5) is 0 Å². The van der Waals surface area contributed by atoms with Gasteiger partial charge in [0.2, 0.25) is 0 Å². The van der Waals surface area contributed by atoms with Crippen LogP contribution >= 0.6 is 11.8 Å². The Labute approximate surface area is 83.3 Å². The molecule has 0 saturated carbocycles. The van der Waals surface area contributed by atoms with E-state index >= 15 is 0 Å². The van der Waals surface area contributed by atoms with Crippen LogP contribution in [-0.2, 0) is 4.74 Å². The normalized spacial score (nSPS) is 30.2. The average molecular weight is 200 g/mol. The second-order valence-electron chi connectivity index (χ2n) is 3.52. The van der Waals surface area contributed by atoms with Gasteiger partial charge >= 0.3 is 0 Å². The third kappa shape index (κ3) is 2.38. The van der Waals surface area contributed by atoms with Crippen molar-refractivity contribution in [3.05, 3.63) is 0 Å². The second kappa shape index (κ2) is 4.33. The lowest BCUT2D eigenvalue weighted by Crippen LogP contribution is -2.39. The molecule has 1 fully saturated rings. The summed E-state index contributed by atoms with van der Waals surface area (Å²) in [5.74, 6) is 1.13. The maximum absolute atomic E-state index is 5.60. The van der Waals surface area contributed by atoms with Gasteiger partial charge in [-0.3, -0.25) is 4.99 Å². The topological polar surface area (TPSA) is 33.6 Å². The number of aliphatic imine (C=N–C) groups is 1. The first-order chi connectivity index (χ1) is 6.36. The number of rotatable bonds is 2. The summed E-state index contributed by atoms with van der Waals surface area (Å²) < 4.78 is 5.60. The van der Waals surface area contributed by atoms with E-state index in [2.05, 4.69) is 17.2 Å². The number of amidine groups is 1. The van der Waals surface area contributed by atoms with E-state index in [1.165, 1.54) is 12.8 Å². The maximum Gasteiger partial charge on any atom is 0.156 e. The van der Waals surface area contributed by atoms with Crippen molar-refractivity contribution >= 4 is 16.9 Å².